The fourth-order valence-electron chi connectivity index (χ4n) is 3.66. The first-order valence-corrected chi connectivity index (χ1v) is 11.9. The summed E-state index contributed by atoms with van der Waals surface area (Å²) in [5.41, 5.74) is 4.67. The normalized spacial score (nSPS) is 10.6. The summed E-state index contributed by atoms with van der Waals surface area (Å²) >= 11 is 0. The molecule has 0 aliphatic rings. The van der Waals surface area contributed by atoms with Crippen molar-refractivity contribution >= 4 is 41.3 Å². The Kier molecular flexibility index (Phi) is 8.76. The van der Waals surface area contributed by atoms with Crippen LogP contribution in [-0.2, 0) is 14.3 Å². The molecular formula is C31H27NO6. The van der Waals surface area contributed by atoms with Crippen molar-refractivity contribution in [2.75, 3.05) is 18.8 Å². The van der Waals surface area contributed by atoms with E-state index in [9.17, 15) is 9.59 Å². The summed E-state index contributed by atoms with van der Waals surface area (Å²) in [6.45, 7) is 0.701. The van der Waals surface area contributed by atoms with Crippen LogP contribution in [0, 0.1) is 0 Å². The molecule has 192 valence electrons. The molecule has 0 unspecified atom stereocenters. The van der Waals surface area contributed by atoms with Crippen molar-refractivity contribution in [3.63, 3.8) is 0 Å². The highest BCUT2D eigenvalue weighted by Crippen LogP contribution is 2.37. The number of carbonyl (C=O) groups excluding carboxylic acids is 2. The van der Waals surface area contributed by atoms with Gasteiger partial charge in [-0.05, 0) is 47.5 Å². The third-order valence-electron chi connectivity index (χ3n) is 5.45. The maximum atomic E-state index is 12.0. The number of hydrogen-bond donors (Lipinski definition) is 0. The van der Waals surface area contributed by atoms with Crippen LogP contribution in [0.25, 0.3) is 12.2 Å². The monoisotopic (exact) mass is 509 g/mol. The van der Waals surface area contributed by atoms with Crippen LogP contribution in [0.1, 0.15) is 18.1 Å². The van der Waals surface area contributed by atoms with Gasteiger partial charge in [-0.2, -0.15) is 0 Å². The Hall–Kier alpha value is -5.04. The van der Waals surface area contributed by atoms with E-state index in [1.165, 1.54) is 6.92 Å². The molecule has 0 bridgehead atoms. The maximum absolute atomic E-state index is 12.0. The molecule has 7 heteroatoms. The van der Waals surface area contributed by atoms with Crippen molar-refractivity contribution in [1.29, 1.82) is 0 Å². The molecular weight excluding hydrogens is 482 g/mol. The fourth-order valence-corrected chi connectivity index (χ4v) is 3.66. The summed E-state index contributed by atoms with van der Waals surface area (Å²) in [6.07, 6.45) is 3.15. The second-order valence-corrected chi connectivity index (χ2v) is 8.12. The van der Waals surface area contributed by atoms with Crippen molar-refractivity contribution in [1.82, 2.24) is 0 Å². The number of nitrogens with zero attached hydrogens (tertiary/aromatic N) is 1. The standard InChI is InChI=1S/C31H27NO6/c1-23(33)36-22-37-31(34)38-30-13-7-11-28(21-30)32(27-10-6-12-29(20-27)35-2)26-18-16-25(17-19-26)15-14-24-8-4-3-5-9-24/h3-21H,22H2,1-2H3. The molecule has 7 nitrogen and oxygen atoms in total. The predicted octanol–water partition coefficient (Wildman–Crippen LogP) is 7.37. The van der Waals surface area contributed by atoms with E-state index in [1.54, 1.807) is 25.3 Å². The lowest BCUT2D eigenvalue weighted by molar-refractivity contribution is -0.149. The molecule has 0 aliphatic heterocycles. The molecule has 0 atom stereocenters. The van der Waals surface area contributed by atoms with Crippen LogP contribution in [0.4, 0.5) is 21.9 Å². The van der Waals surface area contributed by atoms with E-state index >= 15 is 0 Å². The number of benzene rings is 4. The van der Waals surface area contributed by atoms with Gasteiger partial charge in [0.25, 0.3) is 0 Å². The Morgan fingerprint density at radius 1 is 0.684 bits per heavy atom. The van der Waals surface area contributed by atoms with E-state index in [1.807, 2.05) is 77.7 Å². The van der Waals surface area contributed by atoms with Gasteiger partial charge in [-0.15, -0.1) is 0 Å². The average Bonchev–Trinajstić information content (AvgIpc) is 2.93. The van der Waals surface area contributed by atoms with Crippen molar-refractivity contribution in [2.24, 2.45) is 0 Å². The van der Waals surface area contributed by atoms with E-state index in [0.717, 1.165) is 28.2 Å². The zero-order valence-corrected chi connectivity index (χ0v) is 21.1. The van der Waals surface area contributed by atoms with Crippen LogP contribution in [0.5, 0.6) is 11.5 Å². The molecule has 4 aromatic carbocycles. The predicted molar refractivity (Wildman–Crippen MR) is 147 cm³/mol. The first kappa shape index (κ1) is 26.0. The van der Waals surface area contributed by atoms with Gasteiger partial charge in [0.1, 0.15) is 11.5 Å². The van der Waals surface area contributed by atoms with E-state index < -0.39 is 18.9 Å². The summed E-state index contributed by atoms with van der Waals surface area (Å²) in [7, 11) is 1.62. The van der Waals surface area contributed by atoms with Gasteiger partial charge in [0.15, 0.2) is 0 Å². The van der Waals surface area contributed by atoms with E-state index in [0.29, 0.717) is 5.75 Å². The van der Waals surface area contributed by atoms with Gasteiger partial charge in [0.05, 0.1) is 7.11 Å². The first-order valence-electron chi connectivity index (χ1n) is 11.9. The van der Waals surface area contributed by atoms with Crippen LogP contribution in [0.15, 0.2) is 103 Å². The average molecular weight is 510 g/mol. The van der Waals surface area contributed by atoms with E-state index in [2.05, 4.69) is 29.0 Å². The smallest absolute Gasteiger partial charge is 0.497 e. The first-order chi connectivity index (χ1) is 18.5. The van der Waals surface area contributed by atoms with Crippen molar-refractivity contribution in [3.8, 4) is 11.5 Å². The number of carbonyl (C=O) groups is 2. The van der Waals surface area contributed by atoms with E-state index in [-0.39, 0.29) is 5.75 Å². The number of esters is 1. The highest BCUT2D eigenvalue weighted by molar-refractivity contribution is 5.79. The van der Waals surface area contributed by atoms with Crippen LogP contribution < -0.4 is 14.4 Å². The lowest BCUT2D eigenvalue weighted by Crippen LogP contribution is -2.15. The summed E-state index contributed by atoms with van der Waals surface area (Å²) in [4.78, 5) is 24.9. The third-order valence-corrected chi connectivity index (χ3v) is 5.45. The molecule has 0 saturated heterocycles. The van der Waals surface area contributed by atoms with Crippen molar-refractivity contribution in [2.45, 2.75) is 6.92 Å². The van der Waals surface area contributed by atoms with Gasteiger partial charge in [0, 0.05) is 36.1 Å². The summed E-state index contributed by atoms with van der Waals surface area (Å²) < 4.78 is 20.1. The molecule has 0 aromatic heterocycles. The minimum Gasteiger partial charge on any atom is -0.497 e. The summed E-state index contributed by atoms with van der Waals surface area (Å²) in [6, 6.07) is 32.9. The maximum Gasteiger partial charge on any atom is 0.516 e. The quantitative estimate of drug-likeness (QED) is 0.101. The number of rotatable bonds is 9. The lowest BCUT2D eigenvalue weighted by Gasteiger charge is -2.26. The molecule has 0 N–H and O–H groups in total. The Labute approximate surface area is 221 Å². The molecule has 0 saturated carbocycles. The Bertz CT molecular complexity index is 1400. The Morgan fingerprint density at radius 2 is 1.29 bits per heavy atom. The van der Waals surface area contributed by atoms with Crippen molar-refractivity contribution < 1.29 is 28.5 Å². The molecule has 0 radical (unpaired) electrons. The van der Waals surface area contributed by atoms with Gasteiger partial charge in [-0.25, -0.2) is 4.79 Å². The minimum atomic E-state index is -0.981. The van der Waals surface area contributed by atoms with Gasteiger partial charge in [0.2, 0.25) is 6.79 Å². The lowest BCUT2D eigenvalue weighted by atomic mass is 10.1. The van der Waals surface area contributed by atoms with Gasteiger partial charge < -0.3 is 23.8 Å². The summed E-state index contributed by atoms with van der Waals surface area (Å²) in [5.74, 6) is 0.414. The third kappa shape index (κ3) is 7.24. The largest absolute Gasteiger partial charge is 0.516 e. The molecule has 4 aromatic rings. The van der Waals surface area contributed by atoms with Crippen LogP contribution >= 0.6 is 0 Å². The highest BCUT2D eigenvalue weighted by atomic mass is 16.8. The van der Waals surface area contributed by atoms with Gasteiger partial charge in [-0.1, -0.05) is 66.7 Å². The molecule has 0 amide bonds. The van der Waals surface area contributed by atoms with E-state index in [4.69, 9.17) is 14.2 Å². The molecule has 0 fully saturated rings. The Balaban J connectivity index is 1.61. The van der Waals surface area contributed by atoms with Crippen LogP contribution in [-0.4, -0.2) is 26.0 Å². The molecule has 0 aliphatic carbocycles. The molecule has 0 heterocycles. The second kappa shape index (κ2) is 12.8. The molecule has 4 rings (SSSR count). The number of ether oxygens (including phenoxy) is 4. The van der Waals surface area contributed by atoms with Crippen LogP contribution in [0.3, 0.4) is 0 Å². The van der Waals surface area contributed by atoms with Crippen LogP contribution in [0.2, 0.25) is 0 Å². The minimum absolute atomic E-state index is 0.269. The zero-order valence-electron chi connectivity index (χ0n) is 21.1. The number of methoxy groups -OCH3 is 1. The summed E-state index contributed by atoms with van der Waals surface area (Å²) in [5, 5.41) is 0. The SMILES string of the molecule is COc1cccc(N(c2ccc(C=Cc3ccccc3)cc2)c2cccc(OC(=O)OCOC(C)=O)c2)c1. The fraction of sp³-hybridized carbons (Fsp3) is 0.0968. The zero-order chi connectivity index (χ0) is 26.7. The number of hydrogen-bond acceptors (Lipinski definition) is 7. The topological polar surface area (TPSA) is 74.3 Å². The van der Waals surface area contributed by atoms with Gasteiger partial charge in [-0.3, -0.25) is 4.79 Å². The molecule has 38 heavy (non-hydrogen) atoms. The van der Waals surface area contributed by atoms with Gasteiger partial charge >= 0.3 is 12.1 Å². The Morgan fingerprint density at radius 3 is 1.92 bits per heavy atom. The molecule has 0 spiro atoms. The second-order valence-electron chi connectivity index (χ2n) is 8.12. The highest BCUT2D eigenvalue weighted by Gasteiger charge is 2.15. The number of anilines is 3. The van der Waals surface area contributed by atoms with Crippen molar-refractivity contribution in [3.05, 3.63) is 114 Å².